The number of hydrogen-bond acceptors (Lipinski definition) is 4. The Bertz CT molecular complexity index is 783. The van der Waals surface area contributed by atoms with E-state index < -0.39 is 11.9 Å². The number of anilines is 1. The minimum absolute atomic E-state index is 0.161. The van der Waals surface area contributed by atoms with E-state index in [-0.39, 0.29) is 17.2 Å². The molecule has 1 amide bonds. The lowest BCUT2D eigenvalue weighted by Crippen LogP contribution is -2.20. The maximum absolute atomic E-state index is 12.0. The van der Waals surface area contributed by atoms with Gasteiger partial charge in [0.15, 0.2) is 6.61 Å². The summed E-state index contributed by atoms with van der Waals surface area (Å²) in [5.41, 5.74) is 0.559. The van der Waals surface area contributed by atoms with Gasteiger partial charge in [0.2, 0.25) is 0 Å². The molecule has 0 saturated carbocycles. The third kappa shape index (κ3) is 4.87. The molecule has 0 aliphatic heterocycles. The smallest absolute Gasteiger partial charge is 0.339 e. The SMILES string of the molecule is COC(=O)c1cc(NC(=O)COc2ccc(Br)cc2Cl)ccc1Cl. The van der Waals surface area contributed by atoms with E-state index in [0.717, 1.165) is 4.47 Å². The van der Waals surface area contributed by atoms with E-state index >= 15 is 0 Å². The summed E-state index contributed by atoms with van der Waals surface area (Å²) in [5, 5.41) is 3.23. The minimum atomic E-state index is -0.589. The van der Waals surface area contributed by atoms with Crippen LogP contribution >= 0.6 is 39.1 Å². The van der Waals surface area contributed by atoms with Crippen LogP contribution in [0.2, 0.25) is 10.0 Å². The van der Waals surface area contributed by atoms with Crippen LogP contribution in [-0.4, -0.2) is 25.6 Å². The third-order valence-electron chi connectivity index (χ3n) is 2.91. The number of esters is 1. The fraction of sp³-hybridized carbons (Fsp3) is 0.125. The summed E-state index contributed by atoms with van der Waals surface area (Å²) < 4.78 is 10.8. The lowest BCUT2D eigenvalue weighted by molar-refractivity contribution is -0.118. The number of methoxy groups -OCH3 is 1. The Morgan fingerprint density at radius 3 is 2.54 bits per heavy atom. The van der Waals surface area contributed by atoms with Crippen molar-refractivity contribution < 1.29 is 19.1 Å². The molecule has 126 valence electrons. The Morgan fingerprint density at radius 1 is 1.12 bits per heavy atom. The first-order valence-corrected chi connectivity index (χ1v) is 8.21. The minimum Gasteiger partial charge on any atom is -0.482 e. The maximum atomic E-state index is 12.0. The second kappa shape index (κ2) is 8.37. The van der Waals surface area contributed by atoms with Crippen molar-refractivity contribution in [3.05, 3.63) is 56.5 Å². The molecule has 1 N–H and O–H groups in total. The molecular weight excluding hydrogens is 421 g/mol. The lowest BCUT2D eigenvalue weighted by Gasteiger charge is -2.10. The molecular formula is C16H12BrCl2NO4. The number of benzene rings is 2. The third-order valence-corrected chi connectivity index (χ3v) is 4.03. The molecule has 0 aliphatic carbocycles. The van der Waals surface area contributed by atoms with Gasteiger partial charge in [-0.3, -0.25) is 4.79 Å². The van der Waals surface area contributed by atoms with Crippen molar-refractivity contribution in [2.45, 2.75) is 0 Å². The number of ether oxygens (including phenoxy) is 2. The van der Waals surface area contributed by atoms with E-state index in [1.165, 1.54) is 19.2 Å². The Kier molecular flexibility index (Phi) is 6.48. The second-order valence-corrected chi connectivity index (χ2v) is 6.33. The molecule has 0 bridgehead atoms. The number of carbonyl (C=O) groups excluding carboxylic acids is 2. The Labute approximate surface area is 157 Å². The predicted octanol–water partition coefficient (Wildman–Crippen LogP) is 4.56. The number of amides is 1. The molecule has 0 heterocycles. The summed E-state index contributed by atoms with van der Waals surface area (Å²) in [4.78, 5) is 23.5. The van der Waals surface area contributed by atoms with Crippen molar-refractivity contribution >= 4 is 56.7 Å². The first-order valence-electron chi connectivity index (χ1n) is 6.66. The molecule has 0 fully saturated rings. The molecule has 2 rings (SSSR count). The van der Waals surface area contributed by atoms with E-state index in [0.29, 0.717) is 16.5 Å². The van der Waals surface area contributed by atoms with Gasteiger partial charge in [-0.25, -0.2) is 4.79 Å². The average molecular weight is 433 g/mol. The fourth-order valence-corrected chi connectivity index (χ4v) is 2.72. The monoisotopic (exact) mass is 431 g/mol. The highest BCUT2D eigenvalue weighted by molar-refractivity contribution is 9.10. The van der Waals surface area contributed by atoms with Crippen molar-refractivity contribution in [1.82, 2.24) is 0 Å². The van der Waals surface area contributed by atoms with Gasteiger partial charge in [-0.2, -0.15) is 0 Å². The van der Waals surface area contributed by atoms with Gasteiger partial charge in [-0.1, -0.05) is 39.1 Å². The van der Waals surface area contributed by atoms with Crippen molar-refractivity contribution in [3.8, 4) is 5.75 Å². The first-order chi connectivity index (χ1) is 11.4. The molecule has 0 atom stereocenters. The van der Waals surface area contributed by atoms with Gasteiger partial charge in [0.25, 0.3) is 5.91 Å². The molecule has 0 saturated heterocycles. The highest BCUT2D eigenvalue weighted by atomic mass is 79.9. The van der Waals surface area contributed by atoms with Crippen molar-refractivity contribution in [3.63, 3.8) is 0 Å². The zero-order chi connectivity index (χ0) is 17.7. The van der Waals surface area contributed by atoms with Crippen molar-refractivity contribution in [2.75, 3.05) is 19.0 Å². The maximum Gasteiger partial charge on any atom is 0.339 e. The molecule has 2 aromatic carbocycles. The number of carbonyl (C=O) groups is 2. The quantitative estimate of drug-likeness (QED) is 0.703. The fourth-order valence-electron chi connectivity index (χ4n) is 1.80. The summed E-state index contributed by atoms with van der Waals surface area (Å²) in [7, 11) is 1.25. The first kappa shape index (κ1) is 18.6. The van der Waals surface area contributed by atoms with Crippen LogP contribution in [0.5, 0.6) is 5.75 Å². The molecule has 0 aliphatic rings. The summed E-state index contributed by atoms with van der Waals surface area (Å²) in [5.74, 6) is -0.609. The van der Waals surface area contributed by atoms with Crippen LogP contribution in [0, 0.1) is 0 Å². The topological polar surface area (TPSA) is 64.6 Å². The van der Waals surface area contributed by atoms with Crippen molar-refractivity contribution in [1.29, 1.82) is 0 Å². The lowest BCUT2D eigenvalue weighted by atomic mass is 10.2. The van der Waals surface area contributed by atoms with Crippen LogP contribution in [0.15, 0.2) is 40.9 Å². The summed E-state index contributed by atoms with van der Waals surface area (Å²) >= 11 is 15.2. The molecule has 5 nitrogen and oxygen atoms in total. The Hall–Kier alpha value is -1.76. The number of halogens is 3. The van der Waals surface area contributed by atoms with E-state index in [1.54, 1.807) is 24.3 Å². The number of hydrogen-bond donors (Lipinski definition) is 1. The van der Waals surface area contributed by atoms with Gasteiger partial charge >= 0.3 is 5.97 Å². The van der Waals surface area contributed by atoms with Crippen molar-refractivity contribution in [2.24, 2.45) is 0 Å². The molecule has 0 radical (unpaired) electrons. The summed E-state index contributed by atoms with van der Waals surface area (Å²) in [6, 6.07) is 9.56. The van der Waals surface area contributed by atoms with Gasteiger partial charge in [0.1, 0.15) is 5.75 Å². The highest BCUT2D eigenvalue weighted by Gasteiger charge is 2.13. The number of nitrogens with one attached hydrogen (secondary N) is 1. The van der Waals surface area contributed by atoms with Gasteiger partial charge < -0.3 is 14.8 Å². The zero-order valence-electron chi connectivity index (χ0n) is 12.4. The van der Waals surface area contributed by atoms with Crippen LogP contribution in [0.25, 0.3) is 0 Å². The average Bonchev–Trinajstić information content (AvgIpc) is 2.55. The van der Waals surface area contributed by atoms with Crippen LogP contribution in [0.3, 0.4) is 0 Å². The van der Waals surface area contributed by atoms with Gasteiger partial charge in [-0.05, 0) is 36.4 Å². The van der Waals surface area contributed by atoms with E-state index in [2.05, 4.69) is 26.0 Å². The molecule has 8 heteroatoms. The Morgan fingerprint density at radius 2 is 1.88 bits per heavy atom. The van der Waals surface area contributed by atoms with Crippen LogP contribution in [0.1, 0.15) is 10.4 Å². The van der Waals surface area contributed by atoms with E-state index in [4.69, 9.17) is 27.9 Å². The zero-order valence-corrected chi connectivity index (χ0v) is 15.5. The molecule has 0 unspecified atom stereocenters. The van der Waals surface area contributed by atoms with Crippen LogP contribution < -0.4 is 10.1 Å². The van der Waals surface area contributed by atoms with Crippen LogP contribution in [0.4, 0.5) is 5.69 Å². The van der Waals surface area contributed by atoms with Gasteiger partial charge in [-0.15, -0.1) is 0 Å². The summed E-state index contributed by atoms with van der Waals surface area (Å²) in [6.07, 6.45) is 0. The highest BCUT2D eigenvalue weighted by Crippen LogP contribution is 2.27. The second-order valence-electron chi connectivity index (χ2n) is 4.60. The van der Waals surface area contributed by atoms with Crippen LogP contribution in [-0.2, 0) is 9.53 Å². The van der Waals surface area contributed by atoms with E-state index in [1.807, 2.05) is 0 Å². The molecule has 0 aromatic heterocycles. The molecule has 24 heavy (non-hydrogen) atoms. The van der Waals surface area contributed by atoms with Gasteiger partial charge in [0.05, 0.1) is 22.7 Å². The normalized spacial score (nSPS) is 10.2. The van der Waals surface area contributed by atoms with E-state index in [9.17, 15) is 9.59 Å². The predicted molar refractivity (Wildman–Crippen MR) is 96.1 cm³/mol. The standard InChI is InChI=1S/C16H12BrCl2NO4/c1-23-16(22)11-7-10(3-4-12(11)18)20-15(21)8-24-14-5-2-9(17)6-13(14)19/h2-7H,8H2,1H3,(H,20,21). The number of rotatable bonds is 5. The molecule has 0 spiro atoms. The molecule has 2 aromatic rings. The Balaban J connectivity index is 2.01. The van der Waals surface area contributed by atoms with Gasteiger partial charge in [0, 0.05) is 10.2 Å². The summed E-state index contributed by atoms with van der Waals surface area (Å²) in [6.45, 7) is -0.239. The largest absolute Gasteiger partial charge is 0.482 e.